The van der Waals surface area contributed by atoms with Gasteiger partial charge in [0, 0.05) is 21.3 Å². The van der Waals surface area contributed by atoms with E-state index in [1.807, 2.05) is 37.3 Å². The monoisotopic (exact) mass is 306 g/mol. The standard InChI is InChI=1S/C15H15ClN2OS/c1-10(20-14-7-5-12(17)6-8-14)15(19)18-13-4-2-3-11(16)9-13/h2-10H,17H2,1H3,(H,18,19). The molecule has 0 aromatic heterocycles. The van der Waals surface area contributed by atoms with Crippen LogP contribution in [-0.2, 0) is 4.79 Å². The fraction of sp³-hybridized carbons (Fsp3) is 0.133. The van der Waals surface area contributed by atoms with E-state index in [2.05, 4.69) is 5.32 Å². The van der Waals surface area contributed by atoms with Crippen molar-refractivity contribution in [1.82, 2.24) is 0 Å². The third kappa shape index (κ3) is 4.18. The lowest BCUT2D eigenvalue weighted by molar-refractivity contribution is -0.115. The first-order chi connectivity index (χ1) is 9.54. The van der Waals surface area contributed by atoms with Crippen LogP contribution >= 0.6 is 23.4 Å². The number of rotatable bonds is 4. The summed E-state index contributed by atoms with van der Waals surface area (Å²) in [5, 5.41) is 3.23. The lowest BCUT2D eigenvalue weighted by atomic mass is 10.3. The summed E-state index contributed by atoms with van der Waals surface area (Å²) in [6, 6.07) is 14.6. The maximum atomic E-state index is 12.1. The van der Waals surface area contributed by atoms with E-state index in [1.54, 1.807) is 18.2 Å². The molecule has 2 aromatic carbocycles. The van der Waals surface area contributed by atoms with Crippen LogP contribution in [0.5, 0.6) is 0 Å². The number of nitrogens with one attached hydrogen (secondary N) is 1. The minimum absolute atomic E-state index is 0.0610. The van der Waals surface area contributed by atoms with Crippen molar-refractivity contribution in [3.8, 4) is 0 Å². The molecule has 3 N–H and O–H groups in total. The number of hydrogen-bond acceptors (Lipinski definition) is 3. The molecule has 20 heavy (non-hydrogen) atoms. The Morgan fingerprint density at radius 2 is 1.95 bits per heavy atom. The molecule has 2 rings (SSSR count). The average molecular weight is 307 g/mol. The van der Waals surface area contributed by atoms with Crippen LogP contribution in [-0.4, -0.2) is 11.2 Å². The van der Waals surface area contributed by atoms with Crippen LogP contribution in [0, 0.1) is 0 Å². The largest absolute Gasteiger partial charge is 0.399 e. The van der Waals surface area contributed by atoms with Crippen molar-refractivity contribution in [3.05, 3.63) is 53.6 Å². The van der Waals surface area contributed by atoms with Gasteiger partial charge >= 0.3 is 0 Å². The number of nitrogen functional groups attached to an aromatic ring is 1. The fourth-order valence-corrected chi connectivity index (χ4v) is 2.67. The molecule has 0 bridgehead atoms. The van der Waals surface area contributed by atoms with Gasteiger partial charge in [-0.1, -0.05) is 17.7 Å². The molecule has 0 saturated heterocycles. The lowest BCUT2D eigenvalue weighted by Gasteiger charge is -2.12. The first kappa shape index (κ1) is 14.8. The second-order valence-electron chi connectivity index (χ2n) is 4.33. The summed E-state index contributed by atoms with van der Waals surface area (Å²) >= 11 is 7.37. The number of carbonyl (C=O) groups is 1. The quantitative estimate of drug-likeness (QED) is 0.662. The molecule has 5 heteroatoms. The highest BCUT2D eigenvalue weighted by atomic mass is 35.5. The van der Waals surface area contributed by atoms with Gasteiger partial charge in [0.25, 0.3) is 0 Å². The summed E-state index contributed by atoms with van der Waals surface area (Å²) in [7, 11) is 0. The van der Waals surface area contributed by atoms with Crippen LogP contribution in [0.3, 0.4) is 0 Å². The fourth-order valence-electron chi connectivity index (χ4n) is 1.61. The van der Waals surface area contributed by atoms with Gasteiger partial charge in [0.05, 0.1) is 5.25 Å². The zero-order chi connectivity index (χ0) is 14.5. The van der Waals surface area contributed by atoms with Gasteiger partial charge in [-0.15, -0.1) is 11.8 Å². The Hall–Kier alpha value is -1.65. The van der Waals surface area contributed by atoms with E-state index in [9.17, 15) is 4.79 Å². The predicted octanol–water partition coefficient (Wildman–Crippen LogP) is 4.04. The van der Waals surface area contributed by atoms with Gasteiger partial charge in [0.15, 0.2) is 0 Å². The third-order valence-corrected chi connectivity index (χ3v) is 4.00. The molecule has 1 amide bonds. The smallest absolute Gasteiger partial charge is 0.237 e. The normalized spacial score (nSPS) is 11.9. The maximum absolute atomic E-state index is 12.1. The van der Waals surface area contributed by atoms with Crippen molar-refractivity contribution >= 4 is 40.6 Å². The minimum atomic E-state index is -0.211. The Bertz CT molecular complexity index is 601. The molecule has 2 aromatic rings. The summed E-state index contributed by atoms with van der Waals surface area (Å²) in [5.41, 5.74) is 7.05. The molecule has 0 aliphatic heterocycles. The molecule has 0 aliphatic rings. The number of hydrogen-bond donors (Lipinski definition) is 2. The van der Waals surface area contributed by atoms with Gasteiger partial charge in [0.2, 0.25) is 5.91 Å². The zero-order valence-corrected chi connectivity index (χ0v) is 12.5. The molecule has 0 spiro atoms. The Morgan fingerprint density at radius 3 is 2.60 bits per heavy atom. The van der Waals surface area contributed by atoms with Gasteiger partial charge in [-0.05, 0) is 49.4 Å². The van der Waals surface area contributed by atoms with E-state index < -0.39 is 0 Å². The molecule has 0 radical (unpaired) electrons. The van der Waals surface area contributed by atoms with E-state index in [0.29, 0.717) is 16.4 Å². The molecule has 1 unspecified atom stereocenters. The Kier molecular flexibility index (Phi) is 4.93. The highest BCUT2D eigenvalue weighted by Crippen LogP contribution is 2.25. The van der Waals surface area contributed by atoms with E-state index in [1.165, 1.54) is 11.8 Å². The Labute approximate surface area is 127 Å². The zero-order valence-electron chi connectivity index (χ0n) is 11.0. The number of benzene rings is 2. The molecule has 0 fully saturated rings. The minimum Gasteiger partial charge on any atom is -0.399 e. The summed E-state index contributed by atoms with van der Waals surface area (Å²) in [5.74, 6) is -0.0610. The second-order valence-corrected chi connectivity index (χ2v) is 6.18. The average Bonchev–Trinajstić information content (AvgIpc) is 2.41. The molecule has 1 atom stereocenters. The highest BCUT2D eigenvalue weighted by Gasteiger charge is 2.14. The van der Waals surface area contributed by atoms with Crippen molar-refractivity contribution < 1.29 is 4.79 Å². The summed E-state index contributed by atoms with van der Waals surface area (Å²) in [6.45, 7) is 1.86. The Balaban J connectivity index is 1.96. The number of thioether (sulfide) groups is 1. The molecular formula is C15H15ClN2OS. The van der Waals surface area contributed by atoms with Crippen molar-refractivity contribution in [1.29, 1.82) is 0 Å². The predicted molar refractivity (Wildman–Crippen MR) is 86.3 cm³/mol. The number of anilines is 2. The number of carbonyl (C=O) groups excluding carboxylic acids is 1. The second kappa shape index (κ2) is 6.68. The van der Waals surface area contributed by atoms with Crippen LogP contribution < -0.4 is 11.1 Å². The van der Waals surface area contributed by atoms with Gasteiger partial charge in [-0.3, -0.25) is 4.79 Å². The summed E-state index contributed by atoms with van der Waals surface area (Å²) in [4.78, 5) is 13.1. The lowest BCUT2D eigenvalue weighted by Crippen LogP contribution is -2.22. The van der Waals surface area contributed by atoms with Crippen molar-refractivity contribution in [2.75, 3.05) is 11.1 Å². The first-order valence-electron chi connectivity index (χ1n) is 6.13. The van der Waals surface area contributed by atoms with Crippen LogP contribution in [0.15, 0.2) is 53.4 Å². The van der Waals surface area contributed by atoms with Crippen LogP contribution in [0.2, 0.25) is 5.02 Å². The molecule has 104 valence electrons. The van der Waals surface area contributed by atoms with Crippen LogP contribution in [0.1, 0.15) is 6.92 Å². The molecule has 0 heterocycles. The summed E-state index contributed by atoms with van der Waals surface area (Å²) in [6.07, 6.45) is 0. The van der Waals surface area contributed by atoms with E-state index in [-0.39, 0.29) is 11.2 Å². The van der Waals surface area contributed by atoms with Gasteiger partial charge in [-0.2, -0.15) is 0 Å². The van der Waals surface area contributed by atoms with Gasteiger partial charge in [-0.25, -0.2) is 0 Å². The van der Waals surface area contributed by atoms with Gasteiger partial charge in [0.1, 0.15) is 0 Å². The highest BCUT2D eigenvalue weighted by molar-refractivity contribution is 8.00. The number of nitrogens with two attached hydrogens (primary N) is 1. The van der Waals surface area contributed by atoms with E-state index in [4.69, 9.17) is 17.3 Å². The molecular weight excluding hydrogens is 292 g/mol. The van der Waals surface area contributed by atoms with Crippen molar-refractivity contribution in [3.63, 3.8) is 0 Å². The Morgan fingerprint density at radius 1 is 1.25 bits per heavy atom. The van der Waals surface area contributed by atoms with E-state index >= 15 is 0 Å². The summed E-state index contributed by atoms with van der Waals surface area (Å²) < 4.78 is 0. The van der Waals surface area contributed by atoms with Crippen molar-refractivity contribution in [2.45, 2.75) is 17.1 Å². The molecule has 3 nitrogen and oxygen atoms in total. The SMILES string of the molecule is CC(Sc1ccc(N)cc1)C(=O)Nc1cccc(Cl)c1. The van der Waals surface area contributed by atoms with Gasteiger partial charge < -0.3 is 11.1 Å². The molecule has 0 saturated carbocycles. The number of amides is 1. The number of halogens is 1. The first-order valence-corrected chi connectivity index (χ1v) is 7.39. The molecule has 0 aliphatic carbocycles. The maximum Gasteiger partial charge on any atom is 0.237 e. The van der Waals surface area contributed by atoms with Crippen LogP contribution in [0.4, 0.5) is 11.4 Å². The van der Waals surface area contributed by atoms with E-state index in [0.717, 1.165) is 4.90 Å². The topological polar surface area (TPSA) is 55.1 Å². The third-order valence-electron chi connectivity index (χ3n) is 2.65. The van der Waals surface area contributed by atoms with Crippen LogP contribution in [0.25, 0.3) is 0 Å². The van der Waals surface area contributed by atoms with Crippen molar-refractivity contribution in [2.24, 2.45) is 0 Å².